The molecule has 0 saturated carbocycles. The second-order valence-corrected chi connectivity index (χ2v) is 4.59. The Morgan fingerprint density at radius 3 is 2.67 bits per heavy atom. The number of benzene rings is 2. The van der Waals surface area contributed by atoms with Crippen molar-refractivity contribution in [1.82, 2.24) is 0 Å². The van der Waals surface area contributed by atoms with Crippen molar-refractivity contribution in [3.05, 3.63) is 75.3 Å². The smallest absolute Gasteiger partial charge is 0.276 e. The molecule has 21 heavy (non-hydrogen) atoms. The van der Waals surface area contributed by atoms with Crippen LogP contribution in [0, 0.1) is 10.1 Å². The van der Waals surface area contributed by atoms with Crippen LogP contribution < -0.4 is 5.32 Å². The molecule has 2 aromatic carbocycles. The molecule has 0 heterocycles. The number of nitrogens with zero attached hydrogens (tertiary/aromatic N) is 1. The zero-order valence-electron chi connectivity index (χ0n) is 10.8. The van der Waals surface area contributed by atoms with Crippen LogP contribution in [0.5, 0.6) is 0 Å². The van der Waals surface area contributed by atoms with Gasteiger partial charge in [-0.1, -0.05) is 29.8 Å². The van der Waals surface area contributed by atoms with Gasteiger partial charge in [0, 0.05) is 22.9 Å². The minimum absolute atomic E-state index is 0.0516. The fourth-order valence-electron chi connectivity index (χ4n) is 1.71. The average molecular weight is 303 g/mol. The maximum absolute atomic E-state index is 11.8. The number of carbonyl (C=O) groups is 1. The highest BCUT2D eigenvalue weighted by Gasteiger charge is 2.09. The minimum atomic E-state index is -0.492. The fraction of sp³-hybridized carbons (Fsp3) is 0. The van der Waals surface area contributed by atoms with Gasteiger partial charge in [0.05, 0.1) is 10.5 Å². The van der Waals surface area contributed by atoms with Gasteiger partial charge in [-0.15, -0.1) is 0 Å². The van der Waals surface area contributed by atoms with Crippen molar-refractivity contribution >= 4 is 35.0 Å². The van der Waals surface area contributed by atoms with E-state index in [1.807, 2.05) is 0 Å². The first-order valence-corrected chi connectivity index (χ1v) is 6.42. The number of nitro benzene ring substituents is 1. The van der Waals surface area contributed by atoms with E-state index >= 15 is 0 Å². The van der Waals surface area contributed by atoms with Gasteiger partial charge in [0.15, 0.2) is 0 Å². The lowest BCUT2D eigenvalue weighted by atomic mass is 10.1. The molecule has 2 rings (SSSR count). The molecule has 0 spiro atoms. The number of nitro groups is 1. The Morgan fingerprint density at radius 2 is 1.95 bits per heavy atom. The lowest BCUT2D eigenvalue weighted by Gasteiger charge is -2.02. The van der Waals surface area contributed by atoms with E-state index in [1.165, 1.54) is 18.2 Å². The molecule has 6 heteroatoms. The Kier molecular flexibility index (Phi) is 4.68. The SMILES string of the molecule is O=C(/C=C/c1ccccc1[N+](=O)[O-])Nc1cccc(Cl)c1. The van der Waals surface area contributed by atoms with Crippen LogP contribution in [0.2, 0.25) is 5.02 Å². The Hall–Kier alpha value is -2.66. The lowest BCUT2D eigenvalue weighted by Crippen LogP contribution is -2.07. The van der Waals surface area contributed by atoms with Crippen molar-refractivity contribution in [2.24, 2.45) is 0 Å². The minimum Gasteiger partial charge on any atom is -0.322 e. The van der Waals surface area contributed by atoms with E-state index < -0.39 is 10.8 Å². The Morgan fingerprint density at radius 1 is 1.19 bits per heavy atom. The zero-order valence-corrected chi connectivity index (χ0v) is 11.6. The van der Waals surface area contributed by atoms with Gasteiger partial charge < -0.3 is 5.32 Å². The molecule has 0 aromatic heterocycles. The van der Waals surface area contributed by atoms with E-state index in [2.05, 4.69) is 5.32 Å². The number of hydrogen-bond acceptors (Lipinski definition) is 3. The van der Waals surface area contributed by atoms with Crippen LogP contribution in [0.25, 0.3) is 6.08 Å². The molecule has 1 N–H and O–H groups in total. The van der Waals surface area contributed by atoms with Crippen LogP contribution in [-0.4, -0.2) is 10.8 Å². The molecule has 5 nitrogen and oxygen atoms in total. The Labute approximate surface area is 126 Å². The van der Waals surface area contributed by atoms with Crippen LogP contribution in [0.4, 0.5) is 11.4 Å². The molecule has 106 valence electrons. The number of nitrogens with one attached hydrogen (secondary N) is 1. The second-order valence-electron chi connectivity index (χ2n) is 4.15. The van der Waals surface area contributed by atoms with Crippen LogP contribution >= 0.6 is 11.6 Å². The van der Waals surface area contributed by atoms with Crippen molar-refractivity contribution in [3.63, 3.8) is 0 Å². The molecule has 2 aromatic rings. The fourth-order valence-corrected chi connectivity index (χ4v) is 1.90. The largest absolute Gasteiger partial charge is 0.322 e. The molecule has 0 radical (unpaired) electrons. The first-order chi connectivity index (χ1) is 10.1. The summed E-state index contributed by atoms with van der Waals surface area (Å²) in [4.78, 5) is 22.1. The van der Waals surface area contributed by atoms with Gasteiger partial charge in [0.1, 0.15) is 0 Å². The molecule has 0 unspecified atom stereocenters. The van der Waals surface area contributed by atoms with Crippen molar-refractivity contribution in [2.45, 2.75) is 0 Å². The van der Waals surface area contributed by atoms with Crippen molar-refractivity contribution < 1.29 is 9.72 Å². The number of rotatable bonds is 4. The van der Waals surface area contributed by atoms with E-state index in [1.54, 1.807) is 42.5 Å². The molecular formula is C15H11ClN2O3. The maximum atomic E-state index is 11.8. The Bertz CT molecular complexity index is 714. The molecule has 0 aliphatic carbocycles. The number of para-hydroxylation sites is 1. The zero-order chi connectivity index (χ0) is 15.2. The normalized spacial score (nSPS) is 10.5. The number of carbonyl (C=O) groups excluding carboxylic acids is 1. The van der Waals surface area contributed by atoms with Crippen LogP contribution in [0.15, 0.2) is 54.6 Å². The molecule has 0 atom stereocenters. The van der Waals surface area contributed by atoms with Crippen molar-refractivity contribution in [1.29, 1.82) is 0 Å². The standard InChI is InChI=1S/C15H11ClN2O3/c16-12-5-3-6-13(10-12)17-15(19)9-8-11-4-1-2-7-14(11)18(20)21/h1-10H,(H,17,19)/b9-8+. The van der Waals surface area contributed by atoms with Gasteiger partial charge in [-0.25, -0.2) is 0 Å². The third-order valence-electron chi connectivity index (χ3n) is 2.64. The predicted octanol–water partition coefficient (Wildman–Crippen LogP) is 3.90. The summed E-state index contributed by atoms with van der Waals surface area (Å²) in [5.41, 5.74) is 0.868. The van der Waals surface area contributed by atoms with Gasteiger partial charge in [-0.05, 0) is 30.3 Å². The highest BCUT2D eigenvalue weighted by molar-refractivity contribution is 6.30. The molecule has 0 aliphatic rings. The van der Waals surface area contributed by atoms with Gasteiger partial charge in [-0.3, -0.25) is 14.9 Å². The van der Waals surface area contributed by atoms with Gasteiger partial charge >= 0.3 is 0 Å². The monoisotopic (exact) mass is 302 g/mol. The first kappa shape index (κ1) is 14.7. The Balaban J connectivity index is 2.11. The van der Waals surface area contributed by atoms with Crippen LogP contribution in [0.3, 0.4) is 0 Å². The van der Waals surface area contributed by atoms with Crippen molar-refractivity contribution in [3.8, 4) is 0 Å². The first-order valence-electron chi connectivity index (χ1n) is 6.04. The number of halogens is 1. The molecule has 1 amide bonds. The average Bonchev–Trinajstić information content (AvgIpc) is 2.45. The number of anilines is 1. The summed E-state index contributed by atoms with van der Waals surface area (Å²) in [6, 6.07) is 12.9. The highest BCUT2D eigenvalue weighted by Crippen LogP contribution is 2.19. The van der Waals surface area contributed by atoms with Gasteiger partial charge in [-0.2, -0.15) is 0 Å². The molecule has 0 aliphatic heterocycles. The quantitative estimate of drug-likeness (QED) is 0.529. The second kappa shape index (κ2) is 6.67. The maximum Gasteiger partial charge on any atom is 0.276 e. The summed E-state index contributed by atoms with van der Waals surface area (Å²) >= 11 is 5.81. The highest BCUT2D eigenvalue weighted by atomic mass is 35.5. The third kappa shape index (κ3) is 4.15. The summed E-state index contributed by atoms with van der Waals surface area (Å²) in [6.07, 6.45) is 2.64. The van der Waals surface area contributed by atoms with Gasteiger partial charge in [0.2, 0.25) is 5.91 Å². The van der Waals surface area contributed by atoms with E-state index in [0.717, 1.165) is 0 Å². The molecular weight excluding hydrogens is 292 g/mol. The number of amides is 1. The van der Waals surface area contributed by atoms with Crippen LogP contribution in [-0.2, 0) is 4.79 Å². The predicted molar refractivity (Wildman–Crippen MR) is 82.2 cm³/mol. The third-order valence-corrected chi connectivity index (χ3v) is 2.87. The summed E-state index contributed by atoms with van der Waals surface area (Å²) in [7, 11) is 0. The summed E-state index contributed by atoms with van der Waals surface area (Å²) in [5, 5.41) is 14.0. The van der Waals surface area contributed by atoms with Crippen molar-refractivity contribution in [2.75, 3.05) is 5.32 Å². The molecule has 0 bridgehead atoms. The summed E-state index contributed by atoms with van der Waals surface area (Å²) < 4.78 is 0. The molecule has 0 fully saturated rings. The van der Waals surface area contributed by atoms with E-state index in [9.17, 15) is 14.9 Å². The van der Waals surface area contributed by atoms with E-state index in [4.69, 9.17) is 11.6 Å². The topological polar surface area (TPSA) is 72.2 Å². The van der Waals surface area contributed by atoms with E-state index in [-0.39, 0.29) is 5.69 Å². The number of hydrogen-bond donors (Lipinski definition) is 1. The summed E-state index contributed by atoms with van der Waals surface area (Å²) in [6.45, 7) is 0. The van der Waals surface area contributed by atoms with E-state index in [0.29, 0.717) is 16.3 Å². The molecule has 0 saturated heterocycles. The lowest BCUT2D eigenvalue weighted by molar-refractivity contribution is -0.385. The van der Waals surface area contributed by atoms with Gasteiger partial charge in [0.25, 0.3) is 5.69 Å². The summed E-state index contributed by atoms with van der Waals surface area (Å²) in [5.74, 6) is -0.393. The van der Waals surface area contributed by atoms with Crippen LogP contribution in [0.1, 0.15) is 5.56 Å².